The number of nitrogens with one attached hydrogen (secondary N) is 1. The highest BCUT2D eigenvalue weighted by Crippen LogP contribution is 2.28. The molecule has 7 heteroatoms. The van der Waals surface area contributed by atoms with E-state index in [0.717, 1.165) is 45.7 Å². The van der Waals surface area contributed by atoms with Gasteiger partial charge in [0.25, 0.3) is 0 Å². The first-order valence-electron chi connectivity index (χ1n) is 9.44. The topological polar surface area (TPSA) is 55.9 Å². The Labute approximate surface area is 152 Å². The van der Waals surface area contributed by atoms with Crippen LogP contribution in [0.3, 0.4) is 0 Å². The number of likely N-dealkylation sites (tertiary alicyclic amines) is 1. The molecule has 1 aromatic carbocycles. The van der Waals surface area contributed by atoms with E-state index in [1.165, 1.54) is 12.1 Å². The molecule has 0 aromatic heterocycles. The first-order chi connectivity index (χ1) is 12.6. The Bertz CT molecular complexity index is 675. The zero-order chi connectivity index (χ0) is 18.1. The van der Waals surface area contributed by atoms with Crippen molar-refractivity contribution < 1.29 is 14.0 Å². The van der Waals surface area contributed by atoms with Crippen LogP contribution >= 0.6 is 0 Å². The molecular weight excluding hydrogens is 335 g/mol. The van der Waals surface area contributed by atoms with Crippen molar-refractivity contribution in [3.8, 4) is 0 Å². The van der Waals surface area contributed by atoms with E-state index in [9.17, 15) is 14.0 Å². The van der Waals surface area contributed by atoms with Gasteiger partial charge in [-0.2, -0.15) is 0 Å². The van der Waals surface area contributed by atoms with Gasteiger partial charge < -0.3 is 15.1 Å². The molecule has 26 heavy (non-hydrogen) atoms. The summed E-state index contributed by atoms with van der Waals surface area (Å²) in [7, 11) is 0. The molecular formula is C19H25FN4O2. The summed E-state index contributed by atoms with van der Waals surface area (Å²) in [5.41, 5.74) is 0.659. The molecule has 0 aliphatic carbocycles. The van der Waals surface area contributed by atoms with E-state index in [2.05, 4.69) is 10.2 Å². The van der Waals surface area contributed by atoms with Crippen LogP contribution in [0.4, 0.5) is 10.1 Å². The summed E-state index contributed by atoms with van der Waals surface area (Å²) < 4.78 is 13.1. The molecule has 6 nitrogen and oxygen atoms in total. The number of carbonyl (C=O) groups excluding carboxylic acids is 2. The van der Waals surface area contributed by atoms with Gasteiger partial charge in [-0.05, 0) is 37.1 Å². The molecule has 3 saturated heterocycles. The maximum absolute atomic E-state index is 13.1. The lowest BCUT2D eigenvalue weighted by Gasteiger charge is -2.32. The number of nitrogens with zero attached hydrogens (tertiary/aromatic N) is 3. The average molecular weight is 360 g/mol. The summed E-state index contributed by atoms with van der Waals surface area (Å²) in [5.74, 6) is -1.13. The lowest BCUT2D eigenvalue weighted by Crippen LogP contribution is -2.49. The second-order valence-corrected chi connectivity index (χ2v) is 7.32. The highest BCUT2D eigenvalue weighted by atomic mass is 19.1. The smallest absolute Gasteiger partial charge is 0.239 e. The van der Waals surface area contributed by atoms with Gasteiger partial charge in [-0.25, -0.2) is 4.39 Å². The van der Waals surface area contributed by atoms with Gasteiger partial charge in [0.05, 0.1) is 0 Å². The second-order valence-electron chi connectivity index (χ2n) is 7.32. The molecule has 3 aliphatic rings. The van der Waals surface area contributed by atoms with Crippen LogP contribution in [0.15, 0.2) is 24.3 Å². The van der Waals surface area contributed by atoms with Gasteiger partial charge in [0.1, 0.15) is 11.7 Å². The molecule has 1 N–H and O–H groups in total. The van der Waals surface area contributed by atoms with E-state index < -0.39 is 5.92 Å². The largest absolute Gasteiger partial charge is 0.340 e. The summed E-state index contributed by atoms with van der Waals surface area (Å²) in [4.78, 5) is 31.6. The predicted molar refractivity (Wildman–Crippen MR) is 96.3 cm³/mol. The van der Waals surface area contributed by atoms with Crippen molar-refractivity contribution in [2.75, 3.05) is 50.7 Å². The lowest BCUT2D eigenvalue weighted by molar-refractivity contribution is -0.139. The van der Waals surface area contributed by atoms with Crippen LogP contribution < -0.4 is 10.2 Å². The number of hydrogen-bond donors (Lipinski definition) is 1. The van der Waals surface area contributed by atoms with E-state index in [-0.39, 0.29) is 17.6 Å². The van der Waals surface area contributed by atoms with Crippen LogP contribution in [0.25, 0.3) is 0 Å². The minimum Gasteiger partial charge on any atom is -0.340 e. The average Bonchev–Trinajstić information content (AvgIpc) is 3.30. The number of halogens is 1. The number of piperazine rings is 1. The zero-order valence-corrected chi connectivity index (χ0v) is 14.9. The summed E-state index contributed by atoms with van der Waals surface area (Å²) in [5, 5.41) is 3.35. The van der Waals surface area contributed by atoms with Crippen molar-refractivity contribution in [1.29, 1.82) is 0 Å². The second kappa shape index (κ2) is 7.32. The fourth-order valence-electron chi connectivity index (χ4n) is 4.29. The van der Waals surface area contributed by atoms with Crippen molar-refractivity contribution in [1.82, 2.24) is 15.1 Å². The fraction of sp³-hybridized carbons (Fsp3) is 0.579. The SMILES string of the molecule is O=C(C1CCN(c2ccc(F)cc2)C1=O)N1CCC(N2CCNCC2)C1. The Balaban J connectivity index is 1.38. The quantitative estimate of drug-likeness (QED) is 0.806. The summed E-state index contributed by atoms with van der Waals surface area (Å²) in [6, 6.07) is 6.28. The van der Waals surface area contributed by atoms with Crippen LogP contribution in [0, 0.1) is 11.7 Å². The first-order valence-corrected chi connectivity index (χ1v) is 9.44. The molecule has 3 fully saturated rings. The van der Waals surface area contributed by atoms with E-state index in [1.807, 2.05) is 4.90 Å². The highest BCUT2D eigenvalue weighted by molar-refractivity contribution is 6.09. The molecule has 0 radical (unpaired) electrons. The van der Waals surface area contributed by atoms with Crippen molar-refractivity contribution >= 4 is 17.5 Å². The third-order valence-electron chi connectivity index (χ3n) is 5.78. The number of hydrogen-bond acceptors (Lipinski definition) is 4. The predicted octanol–water partition coefficient (Wildman–Crippen LogP) is 0.685. The number of amides is 2. The minimum atomic E-state index is -0.596. The minimum absolute atomic E-state index is 0.0442. The molecule has 2 unspecified atom stereocenters. The number of carbonyl (C=O) groups is 2. The molecule has 3 heterocycles. The zero-order valence-electron chi connectivity index (χ0n) is 14.9. The van der Waals surface area contributed by atoms with Gasteiger partial charge in [-0.3, -0.25) is 14.5 Å². The monoisotopic (exact) mass is 360 g/mol. The third-order valence-corrected chi connectivity index (χ3v) is 5.78. The highest BCUT2D eigenvalue weighted by Gasteiger charge is 2.42. The van der Waals surface area contributed by atoms with Crippen LogP contribution in [-0.4, -0.2) is 73.5 Å². The number of rotatable bonds is 3. The molecule has 1 aromatic rings. The summed E-state index contributed by atoms with van der Waals surface area (Å²) in [6.45, 7) is 6.00. The lowest BCUT2D eigenvalue weighted by atomic mass is 10.1. The van der Waals surface area contributed by atoms with Crippen LogP contribution in [-0.2, 0) is 9.59 Å². The Hall–Kier alpha value is -1.99. The fourth-order valence-corrected chi connectivity index (χ4v) is 4.29. The molecule has 0 bridgehead atoms. The van der Waals surface area contributed by atoms with Gasteiger partial charge in [-0.1, -0.05) is 0 Å². The third kappa shape index (κ3) is 3.33. The summed E-state index contributed by atoms with van der Waals surface area (Å²) >= 11 is 0. The van der Waals surface area contributed by atoms with Crippen LogP contribution in [0.5, 0.6) is 0 Å². The Morgan fingerprint density at radius 3 is 2.50 bits per heavy atom. The van der Waals surface area contributed by atoms with Crippen LogP contribution in [0.2, 0.25) is 0 Å². The molecule has 140 valence electrons. The van der Waals surface area contributed by atoms with Crippen LogP contribution in [0.1, 0.15) is 12.8 Å². The van der Waals surface area contributed by atoms with E-state index in [1.54, 1.807) is 17.0 Å². The number of anilines is 1. The molecule has 3 aliphatic heterocycles. The first kappa shape index (κ1) is 17.4. The van der Waals surface area contributed by atoms with Crippen molar-refractivity contribution in [2.24, 2.45) is 5.92 Å². The van der Waals surface area contributed by atoms with Gasteiger partial charge in [0, 0.05) is 57.5 Å². The Kier molecular flexibility index (Phi) is 4.91. The van der Waals surface area contributed by atoms with Gasteiger partial charge in [-0.15, -0.1) is 0 Å². The Morgan fingerprint density at radius 1 is 1.04 bits per heavy atom. The van der Waals surface area contributed by atoms with Crippen molar-refractivity contribution in [2.45, 2.75) is 18.9 Å². The molecule has 2 atom stereocenters. The van der Waals surface area contributed by atoms with Crippen molar-refractivity contribution in [3.63, 3.8) is 0 Å². The standard InChI is InChI=1S/C19H25FN4O2/c20-14-1-3-15(4-2-14)24-10-6-17(19(24)26)18(25)23-9-5-16(13-23)22-11-7-21-8-12-22/h1-4,16-17,21H,5-13H2. The van der Waals surface area contributed by atoms with E-state index in [4.69, 9.17) is 0 Å². The molecule has 4 rings (SSSR count). The van der Waals surface area contributed by atoms with Gasteiger partial charge in [0.15, 0.2) is 0 Å². The van der Waals surface area contributed by atoms with Gasteiger partial charge >= 0.3 is 0 Å². The van der Waals surface area contributed by atoms with E-state index in [0.29, 0.717) is 24.7 Å². The normalized spacial score (nSPS) is 27.3. The molecule has 0 spiro atoms. The van der Waals surface area contributed by atoms with E-state index >= 15 is 0 Å². The molecule has 0 saturated carbocycles. The van der Waals surface area contributed by atoms with Gasteiger partial charge in [0.2, 0.25) is 11.8 Å². The van der Waals surface area contributed by atoms with Crippen molar-refractivity contribution in [3.05, 3.63) is 30.1 Å². The number of benzene rings is 1. The molecule has 2 amide bonds. The maximum atomic E-state index is 13.1. The summed E-state index contributed by atoms with van der Waals surface area (Å²) in [6.07, 6.45) is 1.51. The Morgan fingerprint density at radius 2 is 1.77 bits per heavy atom. The maximum Gasteiger partial charge on any atom is 0.239 e.